The first-order valence-corrected chi connectivity index (χ1v) is 6.61. The summed E-state index contributed by atoms with van der Waals surface area (Å²) in [6.07, 6.45) is 0. The number of nitrogens with zero attached hydrogens (tertiary/aromatic N) is 2. The number of nitrogens with two attached hydrogens (primary N) is 1. The van der Waals surface area contributed by atoms with Gasteiger partial charge in [-0.2, -0.15) is 5.26 Å². The summed E-state index contributed by atoms with van der Waals surface area (Å²) in [6, 6.07) is 10.1. The molecule has 0 atom stereocenters. The van der Waals surface area contributed by atoms with Crippen molar-refractivity contribution in [1.82, 2.24) is 0 Å². The van der Waals surface area contributed by atoms with Gasteiger partial charge in [0.2, 0.25) is 0 Å². The molecule has 0 saturated carbocycles. The van der Waals surface area contributed by atoms with E-state index in [2.05, 4.69) is 6.07 Å². The van der Waals surface area contributed by atoms with Crippen molar-refractivity contribution < 1.29 is 4.92 Å². The van der Waals surface area contributed by atoms with Gasteiger partial charge in [0.15, 0.2) is 0 Å². The predicted molar refractivity (Wildman–Crippen MR) is 78.8 cm³/mol. The Morgan fingerprint density at radius 3 is 2.75 bits per heavy atom. The van der Waals surface area contributed by atoms with Gasteiger partial charge in [-0.25, -0.2) is 0 Å². The van der Waals surface area contributed by atoms with Gasteiger partial charge in [0.05, 0.1) is 16.2 Å². The fraction of sp³-hybridized carbons (Fsp3) is 0.0714. The largest absolute Gasteiger partial charge is 0.397 e. The van der Waals surface area contributed by atoms with Crippen LogP contribution < -0.4 is 5.73 Å². The van der Waals surface area contributed by atoms with E-state index in [9.17, 15) is 15.4 Å². The molecule has 1 aromatic carbocycles. The molecule has 0 bridgehead atoms. The van der Waals surface area contributed by atoms with Crippen LogP contribution in [-0.4, -0.2) is 4.92 Å². The molecule has 0 spiro atoms. The Morgan fingerprint density at radius 2 is 2.20 bits per heavy atom. The van der Waals surface area contributed by atoms with Crippen molar-refractivity contribution >= 4 is 28.3 Å². The maximum absolute atomic E-state index is 10.8. The first-order chi connectivity index (χ1) is 9.54. The molecular formula is C14H11N3O2S. The first kappa shape index (κ1) is 13.8. The van der Waals surface area contributed by atoms with E-state index in [1.165, 1.54) is 23.5 Å². The summed E-state index contributed by atoms with van der Waals surface area (Å²) in [5.74, 6) is 0. The third-order valence-electron chi connectivity index (χ3n) is 2.87. The highest BCUT2D eigenvalue weighted by atomic mass is 32.1. The summed E-state index contributed by atoms with van der Waals surface area (Å²) in [7, 11) is 0. The van der Waals surface area contributed by atoms with Gasteiger partial charge in [-0.1, -0.05) is 12.1 Å². The Labute approximate surface area is 119 Å². The summed E-state index contributed by atoms with van der Waals surface area (Å²) in [5.41, 5.74) is 7.91. The molecule has 1 heterocycles. The quantitative estimate of drug-likeness (QED) is 0.532. The zero-order valence-electron chi connectivity index (χ0n) is 10.7. The lowest BCUT2D eigenvalue weighted by Crippen LogP contribution is -2.03. The monoisotopic (exact) mass is 285 g/mol. The number of non-ortho nitro benzene ring substituents is 1. The predicted octanol–water partition coefficient (Wildman–Crippen LogP) is 3.32. The number of nitriles is 1. The molecule has 0 aliphatic carbocycles. The molecule has 100 valence electrons. The van der Waals surface area contributed by atoms with E-state index in [1.807, 2.05) is 11.4 Å². The number of thiophene rings is 1. The molecule has 0 amide bonds. The average Bonchev–Trinajstić information content (AvgIpc) is 2.93. The maximum atomic E-state index is 10.8. The lowest BCUT2D eigenvalue weighted by atomic mass is 10.0. The van der Waals surface area contributed by atoms with Crippen molar-refractivity contribution in [2.45, 2.75) is 6.92 Å². The Balaban J connectivity index is 2.63. The molecule has 5 nitrogen and oxygen atoms in total. The lowest BCUT2D eigenvalue weighted by Gasteiger charge is -2.08. The Bertz CT molecular complexity index is 727. The minimum atomic E-state index is -0.479. The maximum Gasteiger partial charge on any atom is 0.270 e. The molecule has 1 aromatic heterocycles. The summed E-state index contributed by atoms with van der Waals surface area (Å²) < 4.78 is 0. The molecular weight excluding hydrogens is 274 g/mol. The van der Waals surface area contributed by atoms with Crippen LogP contribution in [0.25, 0.3) is 11.3 Å². The lowest BCUT2D eigenvalue weighted by molar-refractivity contribution is -0.384. The third kappa shape index (κ3) is 2.53. The van der Waals surface area contributed by atoms with Crippen molar-refractivity contribution in [1.29, 1.82) is 5.26 Å². The number of benzene rings is 1. The molecule has 2 rings (SSSR count). The molecule has 0 saturated heterocycles. The van der Waals surface area contributed by atoms with E-state index in [0.717, 1.165) is 10.4 Å². The van der Waals surface area contributed by atoms with E-state index in [-0.39, 0.29) is 11.4 Å². The van der Waals surface area contributed by atoms with Crippen LogP contribution >= 0.6 is 11.3 Å². The van der Waals surface area contributed by atoms with Gasteiger partial charge in [0.1, 0.15) is 6.07 Å². The van der Waals surface area contributed by atoms with E-state index in [4.69, 9.17) is 5.73 Å². The van der Waals surface area contributed by atoms with Crippen molar-refractivity contribution in [2.24, 2.45) is 5.73 Å². The van der Waals surface area contributed by atoms with E-state index >= 15 is 0 Å². The summed E-state index contributed by atoms with van der Waals surface area (Å²) >= 11 is 1.40. The Morgan fingerprint density at radius 1 is 1.45 bits per heavy atom. The first-order valence-electron chi connectivity index (χ1n) is 5.73. The molecule has 0 aliphatic rings. The van der Waals surface area contributed by atoms with Crippen LogP contribution in [0.5, 0.6) is 0 Å². The highest BCUT2D eigenvalue weighted by molar-refractivity contribution is 7.11. The van der Waals surface area contributed by atoms with Gasteiger partial charge >= 0.3 is 0 Å². The van der Waals surface area contributed by atoms with Crippen molar-refractivity contribution in [2.75, 3.05) is 0 Å². The van der Waals surface area contributed by atoms with Crippen molar-refractivity contribution in [3.8, 4) is 6.07 Å². The topological polar surface area (TPSA) is 92.9 Å². The minimum absolute atomic E-state index is 0.0444. The van der Waals surface area contributed by atoms with Crippen LogP contribution in [0.3, 0.4) is 0 Å². The second kappa shape index (κ2) is 5.55. The number of nitro groups is 1. The number of nitro benzene ring substituents is 1. The Hall–Kier alpha value is -2.65. The fourth-order valence-corrected chi connectivity index (χ4v) is 2.55. The van der Waals surface area contributed by atoms with Gasteiger partial charge in [-0.15, -0.1) is 11.3 Å². The fourth-order valence-electron chi connectivity index (χ4n) is 1.82. The molecule has 0 aliphatic heterocycles. The number of hydrogen-bond donors (Lipinski definition) is 1. The van der Waals surface area contributed by atoms with Crippen molar-refractivity contribution in [3.05, 3.63) is 61.8 Å². The number of aryl methyl sites for hydroxylation is 1. The molecule has 6 heteroatoms. The molecule has 20 heavy (non-hydrogen) atoms. The summed E-state index contributed by atoms with van der Waals surface area (Å²) in [6.45, 7) is 1.80. The standard InChI is InChI=1S/C14H11N3O2S/c1-9-4-5-10(17(18)19)7-11(9)14(16)12(8-15)13-3-2-6-20-13/h2-7H,16H2,1H3/b14-12+. The van der Waals surface area contributed by atoms with E-state index in [1.54, 1.807) is 19.1 Å². The second-order valence-corrected chi connectivity index (χ2v) is 5.08. The molecule has 2 aromatic rings. The zero-order chi connectivity index (χ0) is 14.7. The average molecular weight is 285 g/mol. The van der Waals surface area contributed by atoms with Crippen LogP contribution in [0.15, 0.2) is 35.7 Å². The van der Waals surface area contributed by atoms with Gasteiger partial charge in [-0.3, -0.25) is 10.1 Å². The number of rotatable bonds is 3. The van der Waals surface area contributed by atoms with Crippen LogP contribution in [0, 0.1) is 28.4 Å². The van der Waals surface area contributed by atoms with Crippen LogP contribution in [0.4, 0.5) is 5.69 Å². The van der Waals surface area contributed by atoms with Gasteiger partial charge < -0.3 is 5.73 Å². The van der Waals surface area contributed by atoms with Crippen LogP contribution in [0.1, 0.15) is 16.0 Å². The van der Waals surface area contributed by atoms with Gasteiger partial charge in [-0.05, 0) is 23.9 Å². The normalized spacial score (nSPS) is 11.6. The van der Waals surface area contributed by atoms with E-state index < -0.39 is 4.92 Å². The van der Waals surface area contributed by atoms with Gasteiger partial charge in [0.25, 0.3) is 5.69 Å². The molecule has 0 fully saturated rings. The van der Waals surface area contributed by atoms with Gasteiger partial charge in [0, 0.05) is 22.6 Å². The van der Waals surface area contributed by atoms with E-state index in [0.29, 0.717) is 11.1 Å². The van der Waals surface area contributed by atoms with Crippen molar-refractivity contribution in [3.63, 3.8) is 0 Å². The second-order valence-electron chi connectivity index (χ2n) is 4.13. The summed E-state index contributed by atoms with van der Waals surface area (Å²) in [5, 5.41) is 22.0. The molecule has 0 unspecified atom stereocenters. The highest BCUT2D eigenvalue weighted by Crippen LogP contribution is 2.29. The molecule has 0 radical (unpaired) electrons. The Kier molecular flexibility index (Phi) is 3.82. The number of allylic oxidation sites excluding steroid dienone is 1. The highest BCUT2D eigenvalue weighted by Gasteiger charge is 2.15. The van der Waals surface area contributed by atoms with Crippen LogP contribution in [0.2, 0.25) is 0 Å². The SMILES string of the molecule is Cc1ccc([N+](=O)[O-])cc1/C(N)=C(/C#N)c1cccs1. The number of hydrogen-bond acceptors (Lipinski definition) is 5. The zero-order valence-corrected chi connectivity index (χ0v) is 11.5. The third-order valence-corrected chi connectivity index (χ3v) is 3.76. The van der Waals surface area contributed by atoms with Crippen LogP contribution in [-0.2, 0) is 0 Å². The smallest absolute Gasteiger partial charge is 0.270 e. The minimum Gasteiger partial charge on any atom is -0.397 e. The molecule has 2 N–H and O–H groups in total. The summed E-state index contributed by atoms with van der Waals surface area (Å²) in [4.78, 5) is 11.1.